The summed E-state index contributed by atoms with van der Waals surface area (Å²) in [7, 11) is 0. The van der Waals surface area contributed by atoms with Crippen LogP contribution in [0.4, 0.5) is 11.4 Å². The lowest BCUT2D eigenvalue weighted by Crippen LogP contribution is -2.48. The van der Waals surface area contributed by atoms with Crippen molar-refractivity contribution in [1.82, 2.24) is 4.90 Å². The molecule has 0 aliphatic carbocycles. The van der Waals surface area contributed by atoms with Gasteiger partial charge in [0, 0.05) is 36.9 Å². The van der Waals surface area contributed by atoms with E-state index in [4.69, 9.17) is 39.2 Å². The predicted octanol–water partition coefficient (Wildman–Crippen LogP) is 5.45. The molecule has 3 aromatic rings. The van der Waals surface area contributed by atoms with Gasteiger partial charge in [-0.2, -0.15) is 0 Å². The molecular formula is C22H18Cl3N3O3. The Morgan fingerprint density at radius 3 is 2.32 bits per heavy atom. The number of anilines is 2. The minimum absolute atomic E-state index is 0.116. The number of furan rings is 1. The van der Waals surface area contributed by atoms with Crippen molar-refractivity contribution in [1.29, 1.82) is 0 Å². The number of carbonyl (C=O) groups excluding carboxylic acids is 2. The summed E-state index contributed by atoms with van der Waals surface area (Å²) in [5, 5.41) is 4.03. The zero-order valence-corrected chi connectivity index (χ0v) is 18.5. The molecule has 0 spiro atoms. The minimum atomic E-state index is -0.351. The highest BCUT2D eigenvalue weighted by atomic mass is 35.5. The van der Waals surface area contributed by atoms with Gasteiger partial charge in [-0.1, -0.05) is 34.8 Å². The number of benzene rings is 2. The fourth-order valence-electron chi connectivity index (χ4n) is 3.42. The van der Waals surface area contributed by atoms with Gasteiger partial charge in [0.2, 0.25) is 0 Å². The molecule has 9 heteroatoms. The maximum absolute atomic E-state index is 12.5. The molecule has 2 heterocycles. The fourth-order valence-corrected chi connectivity index (χ4v) is 4.21. The second kappa shape index (κ2) is 9.22. The van der Waals surface area contributed by atoms with Crippen LogP contribution in [0.2, 0.25) is 15.1 Å². The lowest BCUT2D eigenvalue weighted by Gasteiger charge is -2.36. The number of carbonyl (C=O) groups is 2. The smallest absolute Gasteiger partial charge is 0.289 e. The average Bonchev–Trinajstić information content (AvgIpc) is 3.28. The van der Waals surface area contributed by atoms with Crippen molar-refractivity contribution in [3.05, 3.63) is 81.2 Å². The van der Waals surface area contributed by atoms with E-state index in [0.29, 0.717) is 53.2 Å². The zero-order valence-electron chi connectivity index (χ0n) is 16.3. The van der Waals surface area contributed by atoms with E-state index in [-0.39, 0.29) is 16.8 Å². The maximum Gasteiger partial charge on any atom is 0.289 e. The summed E-state index contributed by atoms with van der Waals surface area (Å²) in [5.41, 5.74) is 1.72. The van der Waals surface area contributed by atoms with Crippen LogP contribution >= 0.6 is 34.8 Å². The Bertz CT molecular complexity index is 1110. The molecule has 0 unspecified atom stereocenters. The molecule has 0 atom stereocenters. The van der Waals surface area contributed by atoms with Crippen LogP contribution in [0.25, 0.3) is 0 Å². The van der Waals surface area contributed by atoms with Gasteiger partial charge >= 0.3 is 0 Å². The van der Waals surface area contributed by atoms with Crippen LogP contribution in [0.5, 0.6) is 0 Å². The molecule has 1 N–H and O–H groups in total. The average molecular weight is 479 g/mol. The van der Waals surface area contributed by atoms with Crippen molar-refractivity contribution in [3.63, 3.8) is 0 Å². The molecule has 1 fully saturated rings. The second-order valence-electron chi connectivity index (χ2n) is 7.00. The largest absolute Gasteiger partial charge is 0.459 e. The summed E-state index contributed by atoms with van der Waals surface area (Å²) in [6, 6.07) is 13.4. The number of nitrogens with one attached hydrogen (secondary N) is 1. The van der Waals surface area contributed by atoms with E-state index in [0.717, 1.165) is 5.69 Å². The molecule has 0 radical (unpaired) electrons. The van der Waals surface area contributed by atoms with Crippen LogP contribution in [0.1, 0.15) is 20.9 Å². The topological polar surface area (TPSA) is 65.8 Å². The van der Waals surface area contributed by atoms with Gasteiger partial charge in [0.05, 0.1) is 27.6 Å². The van der Waals surface area contributed by atoms with Crippen LogP contribution in [0.3, 0.4) is 0 Å². The van der Waals surface area contributed by atoms with Gasteiger partial charge in [-0.3, -0.25) is 9.59 Å². The predicted molar refractivity (Wildman–Crippen MR) is 123 cm³/mol. The maximum atomic E-state index is 12.5. The lowest BCUT2D eigenvalue weighted by atomic mass is 10.2. The van der Waals surface area contributed by atoms with Crippen molar-refractivity contribution in [2.45, 2.75) is 0 Å². The van der Waals surface area contributed by atoms with Crippen molar-refractivity contribution in [3.8, 4) is 0 Å². The van der Waals surface area contributed by atoms with Crippen molar-refractivity contribution in [2.75, 3.05) is 36.4 Å². The summed E-state index contributed by atoms with van der Waals surface area (Å²) in [4.78, 5) is 28.8. The molecule has 1 aromatic heterocycles. The Morgan fingerprint density at radius 2 is 1.68 bits per heavy atom. The molecule has 0 saturated carbocycles. The van der Waals surface area contributed by atoms with E-state index in [1.807, 2.05) is 6.07 Å². The van der Waals surface area contributed by atoms with Crippen LogP contribution in [0, 0.1) is 0 Å². The number of rotatable bonds is 4. The van der Waals surface area contributed by atoms with Crippen LogP contribution in [-0.4, -0.2) is 42.9 Å². The third-order valence-corrected chi connectivity index (χ3v) is 5.87. The Morgan fingerprint density at radius 1 is 0.903 bits per heavy atom. The van der Waals surface area contributed by atoms with Crippen LogP contribution in [0.15, 0.2) is 59.2 Å². The van der Waals surface area contributed by atoms with E-state index in [1.54, 1.807) is 41.3 Å². The molecule has 1 aliphatic heterocycles. The molecule has 6 nitrogen and oxygen atoms in total. The highest BCUT2D eigenvalue weighted by Crippen LogP contribution is 2.30. The molecule has 4 rings (SSSR count). The first-order chi connectivity index (χ1) is 14.9. The van der Waals surface area contributed by atoms with Gasteiger partial charge in [0.15, 0.2) is 5.76 Å². The Labute approximate surface area is 194 Å². The monoisotopic (exact) mass is 477 g/mol. The number of halogens is 3. The second-order valence-corrected chi connectivity index (χ2v) is 8.25. The SMILES string of the molecule is O=C(Nc1ccc(N2CCN(C(=O)c3ccco3)CC2)c(Cl)c1)c1ccc(Cl)cc1Cl. The third-order valence-electron chi connectivity index (χ3n) is 5.02. The van der Waals surface area contributed by atoms with E-state index in [9.17, 15) is 9.59 Å². The molecule has 31 heavy (non-hydrogen) atoms. The standard InChI is InChI=1S/C22H18Cl3N3O3/c23-14-3-5-16(17(24)12-14)21(29)26-15-4-6-19(18(25)13-15)27-7-9-28(10-8-27)22(30)20-2-1-11-31-20/h1-6,11-13H,7-10H2,(H,26,29). The first-order valence-electron chi connectivity index (χ1n) is 9.56. The van der Waals surface area contributed by atoms with Crippen molar-refractivity contribution < 1.29 is 14.0 Å². The molecule has 2 aromatic carbocycles. The quantitative estimate of drug-likeness (QED) is 0.541. The van der Waals surface area contributed by atoms with Gasteiger partial charge in [0.1, 0.15) is 0 Å². The van der Waals surface area contributed by atoms with Gasteiger partial charge in [-0.15, -0.1) is 0 Å². The van der Waals surface area contributed by atoms with Crippen molar-refractivity contribution >= 4 is 58.0 Å². The summed E-state index contributed by atoms with van der Waals surface area (Å²) in [6.45, 7) is 2.39. The minimum Gasteiger partial charge on any atom is -0.459 e. The summed E-state index contributed by atoms with van der Waals surface area (Å²) < 4.78 is 5.19. The third kappa shape index (κ3) is 4.82. The van der Waals surface area contributed by atoms with E-state index in [1.165, 1.54) is 12.3 Å². The van der Waals surface area contributed by atoms with E-state index >= 15 is 0 Å². The molecule has 160 valence electrons. The van der Waals surface area contributed by atoms with Gasteiger partial charge in [-0.05, 0) is 48.5 Å². The highest BCUT2D eigenvalue weighted by molar-refractivity contribution is 6.37. The number of piperazine rings is 1. The number of amides is 2. The fraction of sp³-hybridized carbons (Fsp3) is 0.182. The number of hydrogen-bond acceptors (Lipinski definition) is 4. The van der Waals surface area contributed by atoms with E-state index in [2.05, 4.69) is 10.2 Å². The van der Waals surface area contributed by atoms with Gasteiger partial charge in [0.25, 0.3) is 11.8 Å². The first-order valence-corrected chi connectivity index (χ1v) is 10.7. The number of nitrogens with zero attached hydrogens (tertiary/aromatic N) is 2. The summed E-state index contributed by atoms with van der Waals surface area (Å²) in [6.07, 6.45) is 1.49. The molecular weight excluding hydrogens is 461 g/mol. The van der Waals surface area contributed by atoms with E-state index < -0.39 is 0 Å². The zero-order chi connectivity index (χ0) is 22.0. The highest BCUT2D eigenvalue weighted by Gasteiger charge is 2.25. The summed E-state index contributed by atoms with van der Waals surface area (Å²) >= 11 is 18.5. The van der Waals surface area contributed by atoms with Crippen LogP contribution in [-0.2, 0) is 0 Å². The van der Waals surface area contributed by atoms with Gasteiger partial charge < -0.3 is 19.5 Å². The number of hydrogen-bond donors (Lipinski definition) is 1. The molecule has 1 aliphatic rings. The Hall–Kier alpha value is -2.67. The molecule has 1 saturated heterocycles. The molecule has 0 bridgehead atoms. The normalized spacial score (nSPS) is 13.9. The lowest BCUT2D eigenvalue weighted by molar-refractivity contribution is 0.0714. The Kier molecular flexibility index (Phi) is 6.41. The molecule has 2 amide bonds. The van der Waals surface area contributed by atoms with Gasteiger partial charge in [-0.25, -0.2) is 0 Å². The first kappa shape index (κ1) is 21.6. The van der Waals surface area contributed by atoms with Crippen molar-refractivity contribution in [2.24, 2.45) is 0 Å². The van der Waals surface area contributed by atoms with Crippen LogP contribution < -0.4 is 10.2 Å². The Balaban J connectivity index is 1.40. The summed E-state index contributed by atoms with van der Waals surface area (Å²) in [5.74, 6) is -0.127.